The van der Waals surface area contributed by atoms with Gasteiger partial charge in [0.2, 0.25) is 0 Å². The van der Waals surface area contributed by atoms with Crippen LogP contribution in [0.15, 0.2) is 18.2 Å². The van der Waals surface area contributed by atoms with Crippen LogP contribution in [-0.4, -0.2) is 4.98 Å². The Hall–Kier alpha value is -1.36. The van der Waals surface area contributed by atoms with Crippen LogP contribution in [0.25, 0.3) is 10.9 Å². The van der Waals surface area contributed by atoms with Crippen molar-refractivity contribution in [2.24, 2.45) is 0 Å². The lowest BCUT2D eigenvalue weighted by molar-refractivity contribution is -0.141. The Balaban J connectivity index is 2.85. The maximum absolute atomic E-state index is 12.9. The first-order valence-corrected chi connectivity index (χ1v) is 5.01. The van der Waals surface area contributed by atoms with E-state index in [1.165, 1.54) is 13.0 Å². The number of aromatic nitrogens is 1. The summed E-state index contributed by atoms with van der Waals surface area (Å²) in [5.74, 6) is -0.655. The number of hydrogen-bond donors (Lipinski definition) is 0. The summed E-state index contributed by atoms with van der Waals surface area (Å²) in [7, 11) is 0. The van der Waals surface area contributed by atoms with Gasteiger partial charge < -0.3 is 0 Å². The van der Waals surface area contributed by atoms with Gasteiger partial charge in [-0.3, -0.25) is 0 Å². The molecule has 1 nitrogen and oxygen atoms in total. The fraction of sp³-hybridized carbons (Fsp3) is 0.182. The molecule has 0 atom stereocenters. The quantitative estimate of drug-likeness (QED) is 0.644. The molecule has 0 saturated heterocycles. The van der Waals surface area contributed by atoms with Crippen LogP contribution in [0.1, 0.15) is 11.3 Å². The van der Waals surface area contributed by atoms with Gasteiger partial charge in [-0.1, -0.05) is 11.6 Å². The van der Waals surface area contributed by atoms with Crippen molar-refractivity contribution in [3.8, 4) is 0 Å². The third kappa shape index (κ3) is 2.07. The van der Waals surface area contributed by atoms with Crippen molar-refractivity contribution in [1.82, 2.24) is 4.98 Å². The van der Waals surface area contributed by atoms with Crippen molar-refractivity contribution in [3.05, 3.63) is 40.3 Å². The summed E-state index contributed by atoms with van der Waals surface area (Å²) in [5, 5.41) is 0.251. The third-order valence-corrected chi connectivity index (χ3v) is 2.87. The number of nitrogens with zero attached hydrogens (tertiary/aromatic N) is 1. The maximum Gasteiger partial charge on any atom is 0.433 e. The molecule has 6 heteroatoms. The van der Waals surface area contributed by atoms with Gasteiger partial charge >= 0.3 is 6.18 Å². The molecule has 0 N–H and O–H groups in total. The topological polar surface area (TPSA) is 12.9 Å². The average Bonchev–Trinajstić information content (AvgIpc) is 2.21. The second-order valence-corrected chi connectivity index (χ2v) is 3.94. The molecule has 2 aromatic rings. The van der Waals surface area contributed by atoms with Crippen LogP contribution in [-0.2, 0) is 6.18 Å². The Morgan fingerprint density at radius 1 is 1.24 bits per heavy atom. The van der Waals surface area contributed by atoms with E-state index in [2.05, 4.69) is 4.98 Å². The Bertz CT molecular complexity index is 592. The average molecular weight is 264 g/mol. The number of rotatable bonds is 0. The van der Waals surface area contributed by atoms with E-state index in [0.717, 1.165) is 12.1 Å². The summed E-state index contributed by atoms with van der Waals surface area (Å²) in [6, 6.07) is 3.37. The molecule has 0 unspecified atom stereocenters. The molecule has 0 aliphatic carbocycles. The van der Waals surface area contributed by atoms with Gasteiger partial charge in [0.15, 0.2) is 0 Å². The lowest BCUT2D eigenvalue weighted by Gasteiger charge is -2.12. The van der Waals surface area contributed by atoms with Gasteiger partial charge in [0.1, 0.15) is 11.5 Å². The zero-order chi connectivity index (χ0) is 12.8. The predicted molar refractivity (Wildman–Crippen MR) is 56.5 cm³/mol. The highest BCUT2D eigenvalue weighted by molar-refractivity contribution is 6.36. The van der Waals surface area contributed by atoms with Gasteiger partial charge in [-0.2, -0.15) is 13.2 Å². The van der Waals surface area contributed by atoms with E-state index < -0.39 is 17.7 Å². The Kier molecular flexibility index (Phi) is 2.73. The highest BCUT2D eigenvalue weighted by atomic mass is 35.5. The maximum atomic E-state index is 12.9. The molecule has 1 aromatic heterocycles. The largest absolute Gasteiger partial charge is 0.433 e. The van der Waals surface area contributed by atoms with E-state index in [4.69, 9.17) is 11.6 Å². The first kappa shape index (κ1) is 12.1. The standard InChI is InChI=1S/C11H6ClF4N/c1-5-9(12)7-3-2-6(13)4-8(7)17-10(5)11(14,15)16/h2-4H,1H3. The summed E-state index contributed by atoms with van der Waals surface area (Å²) in [4.78, 5) is 3.42. The molecule has 90 valence electrons. The van der Waals surface area contributed by atoms with Crippen LogP contribution >= 0.6 is 11.6 Å². The Morgan fingerprint density at radius 2 is 1.88 bits per heavy atom. The first-order chi connectivity index (χ1) is 7.80. The van der Waals surface area contributed by atoms with Crippen molar-refractivity contribution in [2.45, 2.75) is 13.1 Å². The van der Waals surface area contributed by atoms with Gasteiger partial charge in [-0.15, -0.1) is 0 Å². The summed E-state index contributed by atoms with van der Waals surface area (Å²) in [6.07, 6.45) is -4.60. The second-order valence-electron chi connectivity index (χ2n) is 3.56. The van der Waals surface area contributed by atoms with Crippen LogP contribution in [0, 0.1) is 12.7 Å². The normalized spacial score (nSPS) is 12.1. The lowest BCUT2D eigenvalue weighted by Crippen LogP contribution is -2.11. The molecule has 0 aliphatic rings. The number of alkyl halides is 3. The molecule has 0 aliphatic heterocycles. The summed E-state index contributed by atoms with van der Waals surface area (Å²) >= 11 is 5.83. The third-order valence-electron chi connectivity index (χ3n) is 2.38. The highest BCUT2D eigenvalue weighted by Gasteiger charge is 2.35. The summed E-state index contributed by atoms with van der Waals surface area (Å²) in [5.41, 5.74) is -1.34. The number of halogens is 5. The first-order valence-electron chi connectivity index (χ1n) is 4.63. The van der Waals surface area contributed by atoms with Crippen molar-refractivity contribution in [2.75, 3.05) is 0 Å². The molecule has 1 aromatic carbocycles. The molecule has 0 spiro atoms. The van der Waals surface area contributed by atoms with Crippen molar-refractivity contribution < 1.29 is 17.6 Å². The minimum atomic E-state index is -4.60. The zero-order valence-corrected chi connectivity index (χ0v) is 9.33. The van der Waals surface area contributed by atoms with E-state index in [9.17, 15) is 17.6 Å². The van der Waals surface area contributed by atoms with Gasteiger partial charge in [0, 0.05) is 11.5 Å². The summed E-state index contributed by atoms with van der Waals surface area (Å²) in [6.45, 7) is 1.24. The fourth-order valence-electron chi connectivity index (χ4n) is 1.57. The van der Waals surface area contributed by atoms with E-state index >= 15 is 0 Å². The highest BCUT2D eigenvalue weighted by Crippen LogP contribution is 2.36. The molecule has 2 rings (SSSR count). The van der Waals surface area contributed by atoms with E-state index in [1.807, 2.05) is 0 Å². The Morgan fingerprint density at radius 3 is 2.47 bits per heavy atom. The van der Waals surface area contributed by atoms with Gasteiger partial charge in [0.05, 0.1) is 10.5 Å². The van der Waals surface area contributed by atoms with Gasteiger partial charge in [0.25, 0.3) is 0 Å². The predicted octanol–water partition coefficient (Wildman–Crippen LogP) is 4.35. The smallest absolute Gasteiger partial charge is 0.243 e. The van der Waals surface area contributed by atoms with Crippen molar-refractivity contribution >= 4 is 22.5 Å². The molecule has 0 radical (unpaired) electrons. The van der Waals surface area contributed by atoms with Crippen LogP contribution in [0.2, 0.25) is 5.02 Å². The van der Waals surface area contributed by atoms with Crippen LogP contribution < -0.4 is 0 Å². The SMILES string of the molecule is Cc1c(C(F)(F)F)nc2cc(F)ccc2c1Cl. The molecule has 0 bridgehead atoms. The molecular formula is C11H6ClF4N. The van der Waals surface area contributed by atoms with E-state index in [1.54, 1.807) is 0 Å². The minimum absolute atomic E-state index is 0.0534. The van der Waals surface area contributed by atoms with Crippen molar-refractivity contribution in [3.63, 3.8) is 0 Å². The van der Waals surface area contributed by atoms with Gasteiger partial charge in [-0.25, -0.2) is 9.37 Å². The minimum Gasteiger partial charge on any atom is -0.243 e. The molecule has 0 fully saturated rings. The van der Waals surface area contributed by atoms with Crippen molar-refractivity contribution in [1.29, 1.82) is 0 Å². The van der Waals surface area contributed by atoms with Gasteiger partial charge in [-0.05, 0) is 24.6 Å². The lowest BCUT2D eigenvalue weighted by atomic mass is 10.1. The van der Waals surface area contributed by atoms with E-state index in [0.29, 0.717) is 5.39 Å². The summed E-state index contributed by atoms with van der Waals surface area (Å²) < 4.78 is 50.9. The van der Waals surface area contributed by atoms with E-state index in [-0.39, 0.29) is 16.1 Å². The number of fused-ring (bicyclic) bond motifs is 1. The second kappa shape index (κ2) is 3.84. The molecular weight excluding hydrogens is 258 g/mol. The van der Waals surface area contributed by atoms with Crippen LogP contribution in [0.3, 0.4) is 0 Å². The Labute approximate surface area is 99.0 Å². The molecule has 17 heavy (non-hydrogen) atoms. The molecule has 0 amide bonds. The molecule has 1 heterocycles. The number of hydrogen-bond acceptors (Lipinski definition) is 1. The zero-order valence-electron chi connectivity index (χ0n) is 8.57. The van der Waals surface area contributed by atoms with Crippen LogP contribution in [0.4, 0.5) is 17.6 Å². The monoisotopic (exact) mass is 263 g/mol. The number of pyridine rings is 1. The molecule has 0 saturated carbocycles. The number of benzene rings is 1. The fourth-order valence-corrected chi connectivity index (χ4v) is 1.82. The van der Waals surface area contributed by atoms with Crippen LogP contribution in [0.5, 0.6) is 0 Å².